The lowest BCUT2D eigenvalue weighted by molar-refractivity contribution is -0.139. The fourth-order valence-electron chi connectivity index (χ4n) is 3.24. The summed E-state index contributed by atoms with van der Waals surface area (Å²) in [4.78, 5) is 24.7. The Labute approximate surface area is 120 Å². The Morgan fingerprint density at radius 3 is 2.48 bits per heavy atom. The Balaban J connectivity index is 1.69. The average Bonchev–Trinajstić information content (AvgIpc) is 3.16. The van der Waals surface area contributed by atoms with Gasteiger partial charge in [0.15, 0.2) is 0 Å². The summed E-state index contributed by atoms with van der Waals surface area (Å²) in [6.07, 6.45) is 1.86. The molecule has 6 heteroatoms. The maximum absolute atomic E-state index is 13.6. The molecular formula is C15H15F2NO3. The molecule has 1 spiro atoms. The highest BCUT2D eigenvalue weighted by atomic mass is 19.1. The number of likely N-dealkylation sites (tertiary alicyclic amines) is 1. The van der Waals surface area contributed by atoms with Crippen LogP contribution in [0.5, 0.6) is 0 Å². The van der Waals surface area contributed by atoms with Crippen LogP contribution in [0.25, 0.3) is 0 Å². The fraction of sp³-hybridized carbons (Fsp3) is 0.467. The van der Waals surface area contributed by atoms with Crippen molar-refractivity contribution in [3.8, 4) is 0 Å². The Morgan fingerprint density at radius 2 is 1.90 bits per heavy atom. The normalized spacial score (nSPS) is 23.1. The number of carbonyl (C=O) groups excluding carboxylic acids is 1. The van der Waals surface area contributed by atoms with Crippen LogP contribution in [-0.4, -0.2) is 35.0 Å². The molecule has 1 aromatic carbocycles. The van der Waals surface area contributed by atoms with Gasteiger partial charge in [0, 0.05) is 13.1 Å². The van der Waals surface area contributed by atoms with E-state index in [1.54, 1.807) is 0 Å². The highest BCUT2D eigenvalue weighted by Crippen LogP contribution is 2.59. The molecule has 1 aliphatic heterocycles. The second kappa shape index (κ2) is 4.79. The van der Waals surface area contributed by atoms with Crippen molar-refractivity contribution in [1.29, 1.82) is 0 Å². The first-order chi connectivity index (χ1) is 9.93. The van der Waals surface area contributed by atoms with Crippen LogP contribution < -0.4 is 0 Å². The number of aliphatic carboxylic acids is 1. The van der Waals surface area contributed by atoms with Gasteiger partial charge in [-0.3, -0.25) is 9.59 Å². The summed E-state index contributed by atoms with van der Waals surface area (Å²) in [5.74, 6) is -3.03. The molecule has 2 fully saturated rings. The summed E-state index contributed by atoms with van der Waals surface area (Å²) in [6, 6.07) is 2.81. The van der Waals surface area contributed by atoms with E-state index in [9.17, 15) is 18.4 Å². The maximum atomic E-state index is 13.6. The molecule has 1 saturated carbocycles. The van der Waals surface area contributed by atoms with Gasteiger partial charge in [-0.05, 0) is 42.9 Å². The number of carboxylic acids is 1. The first-order valence-corrected chi connectivity index (χ1v) is 6.90. The van der Waals surface area contributed by atoms with Gasteiger partial charge in [0.25, 0.3) is 5.91 Å². The number of benzene rings is 1. The second-order valence-corrected chi connectivity index (χ2v) is 5.87. The number of piperidine rings is 1. The van der Waals surface area contributed by atoms with Crippen LogP contribution in [0, 0.1) is 23.0 Å². The van der Waals surface area contributed by atoms with Crippen molar-refractivity contribution in [3.05, 3.63) is 35.4 Å². The summed E-state index contributed by atoms with van der Waals surface area (Å²) in [7, 11) is 0. The Bertz CT molecular complexity index is 609. The zero-order chi connectivity index (χ0) is 15.2. The van der Waals surface area contributed by atoms with E-state index in [-0.39, 0.29) is 16.9 Å². The van der Waals surface area contributed by atoms with E-state index >= 15 is 0 Å². The summed E-state index contributed by atoms with van der Waals surface area (Å²) in [5, 5.41) is 9.02. The van der Waals surface area contributed by atoms with Crippen LogP contribution in [0.15, 0.2) is 18.2 Å². The third-order valence-corrected chi connectivity index (χ3v) is 4.69. The third kappa shape index (κ3) is 2.39. The first-order valence-electron chi connectivity index (χ1n) is 6.90. The number of hydrogen-bond acceptors (Lipinski definition) is 2. The standard InChI is InChI=1S/C15H15F2NO3/c16-9-1-2-12(17)10(7-9)13(19)18-5-3-15(4-6-18)8-11(15)14(20)21/h1-2,7,11H,3-6,8H2,(H,20,21). The van der Waals surface area contributed by atoms with E-state index in [4.69, 9.17) is 5.11 Å². The van der Waals surface area contributed by atoms with Crippen LogP contribution in [0.4, 0.5) is 8.78 Å². The molecule has 21 heavy (non-hydrogen) atoms. The van der Waals surface area contributed by atoms with Crippen LogP contribution in [-0.2, 0) is 4.79 Å². The molecule has 1 unspecified atom stereocenters. The molecule has 1 amide bonds. The largest absolute Gasteiger partial charge is 0.481 e. The highest BCUT2D eigenvalue weighted by Gasteiger charge is 2.59. The van der Waals surface area contributed by atoms with Gasteiger partial charge in [-0.2, -0.15) is 0 Å². The number of carboxylic acid groups (broad SMARTS) is 1. The minimum absolute atomic E-state index is 0.191. The van der Waals surface area contributed by atoms with Crippen LogP contribution in [0.3, 0.4) is 0 Å². The van der Waals surface area contributed by atoms with Gasteiger partial charge < -0.3 is 10.0 Å². The van der Waals surface area contributed by atoms with E-state index in [0.717, 1.165) is 18.2 Å². The SMILES string of the molecule is O=C(O)C1CC12CCN(C(=O)c1cc(F)ccc1F)CC2. The molecule has 1 aliphatic carbocycles. The van der Waals surface area contributed by atoms with Gasteiger partial charge in [0.2, 0.25) is 0 Å². The Morgan fingerprint density at radius 1 is 1.24 bits per heavy atom. The molecule has 112 valence electrons. The van der Waals surface area contributed by atoms with Gasteiger partial charge in [-0.15, -0.1) is 0 Å². The summed E-state index contributed by atoms with van der Waals surface area (Å²) < 4.78 is 26.8. The minimum atomic E-state index is -0.786. The monoisotopic (exact) mass is 295 g/mol. The van der Waals surface area contributed by atoms with Gasteiger partial charge in [0.1, 0.15) is 11.6 Å². The van der Waals surface area contributed by atoms with Crippen LogP contribution in [0.1, 0.15) is 29.6 Å². The number of carbonyl (C=O) groups is 2. The average molecular weight is 295 g/mol. The van der Waals surface area contributed by atoms with Crippen molar-refractivity contribution in [2.45, 2.75) is 19.3 Å². The first kappa shape index (κ1) is 14.0. The number of rotatable bonds is 2. The smallest absolute Gasteiger partial charge is 0.307 e. The molecule has 1 saturated heterocycles. The molecule has 0 bridgehead atoms. The number of amides is 1. The number of hydrogen-bond donors (Lipinski definition) is 1. The molecule has 0 radical (unpaired) electrons. The Kier molecular flexibility index (Phi) is 3.19. The number of nitrogens with zero attached hydrogens (tertiary/aromatic N) is 1. The molecule has 1 atom stereocenters. The number of halogens is 2. The van der Waals surface area contributed by atoms with E-state index in [1.807, 2.05) is 0 Å². The minimum Gasteiger partial charge on any atom is -0.481 e. The third-order valence-electron chi connectivity index (χ3n) is 4.69. The Hall–Kier alpha value is -1.98. The maximum Gasteiger partial charge on any atom is 0.307 e. The second-order valence-electron chi connectivity index (χ2n) is 5.87. The van der Waals surface area contributed by atoms with Crippen LogP contribution >= 0.6 is 0 Å². The molecule has 4 nitrogen and oxygen atoms in total. The lowest BCUT2D eigenvalue weighted by atomic mass is 9.90. The van der Waals surface area contributed by atoms with E-state index < -0.39 is 23.5 Å². The van der Waals surface area contributed by atoms with E-state index in [0.29, 0.717) is 32.4 Å². The van der Waals surface area contributed by atoms with E-state index in [1.165, 1.54) is 4.90 Å². The highest BCUT2D eigenvalue weighted by molar-refractivity contribution is 5.94. The molecule has 2 aliphatic rings. The van der Waals surface area contributed by atoms with Gasteiger partial charge in [-0.25, -0.2) is 8.78 Å². The topological polar surface area (TPSA) is 57.6 Å². The van der Waals surface area contributed by atoms with E-state index in [2.05, 4.69) is 0 Å². The van der Waals surface area contributed by atoms with Gasteiger partial charge in [-0.1, -0.05) is 0 Å². The van der Waals surface area contributed by atoms with Crippen molar-refractivity contribution < 1.29 is 23.5 Å². The van der Waals surface area contributed by atoms with Gasteiger partial charge in [0.05, 0.1) is 11.5 Å². The van der Waals surface area contributed by atoms with Crippen molar-refractivity contribution in [2.75, 3.05) is 13.1 Å². The van der Waals surface area contributed by atoms with Crippen molar-refractivity contribution >= 4 is 11.9 Å². The molecule has 1 aromatic rings. The quantitative estimate of drug-likeness (QED) is 0.910. The summed E-state index contributed by atoms with van der Waals surface area (Å²) in [6.45, 7) is 0.775. The fourth-order valence-corrected chi connectivity index (χ4v) is 3.24. The molecule has 3 rings (SSSR count). The molecular weight excluding hydrogens is 280 g/mol. The predicted octanol–water partition coefficient (Wildman–Crippen LogP) is 2.29. The molecule has 1 N–H and O–H groups in total. The van der Waals surface area contributed by atoms with Crippen molar-refractivity contribution in [2.24, 2.45) is 11.3 Å². The van der Waals surface area contributed by atoms with Gasteiger partial charge >= 0.3 is 5.97 Å². The summed E-state index contributed by atoms with van der Waals surface area (Å²) in [5.41, 5.74) is -0.458. The lowest BCUT2D eigenvalue weighted by Gasteiger charge is -2.32. The zero-order valence-electron chi connectivity index (χ0n) is 11.3. The molecule has 0 aromatic heterocycles. The summed E-state index contributed by atoms with van der Waals surface area (Å²) >= 11 is 0. The predicted molar refractivity (Wildman–Crippen MR) is 69.7 cm³/mol. The van der Waals surface area contributed by atoms with Crippen molar-refractivity contribution in [1.82, 2.24) is 4.90 Å². The lowest BCUT2D eigenvalue weighted by Crippen LogP contribution is -2.40. The van der Waals surface area contributed by atoms with Crippen LogP contribution in [0.2, 0.25) is 0 Å². The zero-order valence-corrected chi connectivity index (χ0v) is 11.3. The molecule has 1 heterocycles. The van der Waals surface area contributed by atoms with Crippen molar-refractivity contribution in [3.63, 3.8) is 0 Å².